The van der Waals surface area contributed by atoms with Crippen LogP contribution in [0.25, 0.3) is 0 Å². The minimum Gasteiger partial charge on any atom is -0.493 e. The van der Waals surface area contributed by atoms with Gasteiger partial charge in [0, 0.05) is 5.69 Å². The van der Waals surface area contributed by atoms with Crippen LogP contribution in [0.5, 0.6) is 11.5 Å². The average molecular weight is 360 g/mol. The van der Waals surface area contributed by atoms with Gasteiger partial charge in [0.25, 0.3) is 5.91 Å². The topological polar surface area (TPSA) is 89.7 Å². The van der Waals surface area contributed by atoms with Crippen LogP contribution in [0.4, 0.5) is 0 Å². The van der Waals surface area contributed by atoms with E-state index in [1.165, 1.54) is 7.11 Å². The van der Waals surface area contributed by atoms with Crippen molar-refractivity contribution in [3.05, 3.63) is 46.3 Å². The second-order valence-electron chi connectivity index (χ2n) is 5.93. The van der Waals surface area contributed by atoms with Crippen molar-refractivity contribution < 1.29 is 23.8 Å². The molecule has 0 saturated carbocycles. The van der Waals surface area contributed by atoms with Gasteiger partial charge in [-0.05, 0) is 44.0 Å². The number of esters is 1. The quantitative estimate of drug-likeness (QED) is 0.773. The van der Waals surface area contributed by atoms with E-state index in [-0.39, 0.29) is 11.9 Å². The van der Waals surface area contributed by atoms with Gasteiger partial charge in [-0.3, -0.25) is 4.79 Å². The number of methoxy groups -OCH3 is 3. The molecule has 2 rings (SSSR count). The highest BCUT2D eigenvalue weighted by atomic mass is 16.5. The molecule has 1 aromatic heterocycles. The van der Waals surface area contributed by atoms with Gasteiger partial charge in [0.05, 0.1) is 32.9 Å². The molecule has 7 nitrogen and oxygen atoms in total. The number of carbonyl (C=O) groups excluding carboxylic acids is 2. The molecule has 0 fully saturated rings. The molecule has 0 aliphatic carbocycles. The number of hydrogen-bond acceptors (Lipinski definition) is 5. The van der Waals surface area contributed by atoms with Gasteiger partial charge in [-0.1, -0.05) is 6.07 Å². The van der Waals surface area contributed by atoms with Crippen LogP contribution in [0.1, 0.15) is 50.6 Å². The molecule has 2 aromatic rings. The number of aromatic nitrogens is 1. The standard InChI is InChI=1S/C19H24N2O5/c1-10-16(19(23)26-6)12(3)20-17(10)18(22)21-11(2)13-7-8-14(24-4)15(9-13)25-5/h7-9,11,20H,1-6H3,(H,21,22). The molecule has 7 heteroatoms. The fraction of sp³-hybridized carbons (Fsp3) is 0.368. The lowest BCUT2D eigenvalue weighted by molar-refractivity contribution is 0.0599. The first-order valence-electron chi connectivity index (χ1n) is 8.14. The highest BCUT2D eigenvalue weighted by Gasteiger charge is 2.23. The van der Waals surface area contributed by atoms with E-state index in [2.05, 4.69) is 10.3 Å². The van der Waals surface area contributed by atoms with Gasteiger partial charge in [0.1, 0.15) is 5.69 Å². The second-order valence-corrected chi connectivity index (χ2v) is 5.93. The Kier molecular flexibility index (Phi) is 5.92. The number of ether oxygens (including phenoxy) is 3. The van der Waals surface area contributed by atoms with E-state index < -0.39 is 5.97 Å². The van der Waals surface area contributed by atoms with E-state index in [0.29, 0.717) is 34.0 Å². The lowest BCUT2D eigenvalue weighted by Crippen LogP contribution is -2.27. The summed E-state index contributed by atoms with van der Waals surface area (Å²) in [6, 6.07) is 5.19. The number of hydrogen-bond donors (Lipinski definition) is 2. The third-order valence-corrected chi connectivity index (χ3v) is 4.31. The van der Waals surface area contributed by atoms with Gasteiger partial charge in [-0.15, -0.1) is 0 Å². The number of nitrogens with one attached hydrogen (secondary N) is 2. The van der Waals surface area contributed by atoms with Gasteiger partial charge in [0.15, 0.2) is 11.5 Å². The summed E-state index contributed by atoms with van der Waals surface area (Å²) in [5.74, 6) is 0.436. The van der Waals surface area contributed by atoms with E-state index in [4.69, 9.17) is 14.2 Å². The number of amides is 1. The molecular weight excluding hydrogens is 336 g/mol. The highest BCUT2D eigenvalue weighted by Crippen LogP contribution is 2.30. The molecule has 1 heterocycles. The molecule has 1 amide bonds. The summed E-state index contributed by atoms with van der Waals surface area (Å²) in [5.41, 5.74) is 2.75. The molecule has 140 valence electrons. The smallest absolute Gasteiger partial charge is 0.339 e. The van der Waals surface area contributed by atoms with Crippen molar-refractivity contribution in [2.24, 2.45) is 0 Å². The minimum absolute atomic E-state index is 0.271. The molecule has 1 unspecified atom stereocenters. The minimum atomic E-state index is -0.469. The van der Waals surface area contributed by atoms with Crippen molar-refractivity contribution in [1.29, 1.82) is 0 Å². The number of benzene rings is 1. The van der Waals surface area contributed by atoms with Gasteiger partial charge in [-0.2, -0.15) is 0 Å². The molecule has 26 heavy (non-hydrogen) atoms. The maximum Gasteiger partial charge on any atom is 0.339 e. The Hall–Kier alpha value is -2.96. The van der Waals surface area contributed by atoms with E-state index in [9.17, 15) is 9.59 Å². The van der Waals surface area contributed by atoms with Crippen LogP contribution in [0.2, 0.25) is 0 Å². The molecule has 0 radical (unpaired) electrons. The molecule has 1 aromatic carbocycles. The molecule has 0 bridgehead atoms. The van der Waals surface area contributed by atoms with Crippen LogP contribution >= 0.6 is 0 Å². The predicted molar refractivity (Wildman–Crippen MR) is 97.0 cm³/mol. The van der Waals surface area contributed by atoms with Crippen molar-refractivity contribution in [2.45, 2.75) is 26.8 Å². The Balaban J connectivity index is 2.24. The molecule has 0 spiro atoms. The van der Waals surface area contributed by atoms with Crippen LogP contribution in [0.15, 0.2) is 18.2 Å². The van der Waals surface area contributed by atoms with Crippen LogP contribution in [-0.2, 0) is 4.74 Å². The first kappa shape index (κ1) is 19.4. The van der Waals surface area contributed by atoms with E-state index in [1.54, 1.807) is 34.1 Å². The Morgan fingerprint density at radius 2 is 1.73 bits per heavy atom. The first-order valence-corrected chi connectivity index (χ1v) is 8.14. The van der Waals surface area contributed by atoms with Gasteiger partial charge in [0.2, 0.25) is 0 Å². The number of aromatic amines is 1. The lowest BCUT2D eigenvalue weighted by Gasteiger charge is -2.16. The second kappa shape index (κ2) is 7.95. The van der Waals surface area contributed by atoms with Crippen molar-refractivity contribution >= 4 is 11.9 Å². The van der Waals surface area contributed by atoms with E-state index >= 15 is 0 Å². The van der Waals surface area contributed by atoms with Crippen LogP contribution in [0, 0.1) is 13.8 Å². The SMILES string of the molecule is COC(=O)c1c(C)[nH]c(C(=O)NC(C)c2ccc(OC)c(OC)c2)c1C. The molecule has 1 atom stereocenters. The van der Waals surface area contributed by atoms with Crippen molar-refractivity contribution in [3.63, 3.8) is 0 Å². The van der Waals surface area contributed by atoms with Crippen molar-refractivity contribution in [3.8, 4) is 11.5 Å². The van der Waals surface area contributed by atoms with E-state index in [1.807, 2.05) is 19.1 Å². The normalized spacial score (nSPS) is 11.6. The largest absolute Gasteiger partial charge is 0.493 e. The molecule has 0 saturated heterocycles. The summed E-state index contributed by atoms with van der Waals surface area (Å²) in [6.45, 7) is 5.31. The summed E-state index contributed by atoms with van der Waals surface area (Å²) in [7, 11) is 4.44. The van der Waals surface area contributed by atoms with Gasteiger partial charge < -0.3 is 24.5 Å². The predicted octanol–water partition coefficient (Wildman–Crippen LogP) is 2.93. The maximum absolute atomic E-state index is 12.7. The lowest BCUT2D eigenvalue weighted by atomic mass is 10.1. The van der Waals surface area contributed by atoms with Gasteiger partial charge in [-0.25, -0.2) is 4.79 Å². The van der Waals surface area contributed by atoms with Gasteiger partial charge >= 0.3 is 5.97 Å². The summed E-state index contributed by atoms with van der Waals surface area (Å²) in [5, 5.41) is 2.92. The average Bonchev–Trinajstić information content (AvgIpc) is 2.94. The summed E-state index contributed by atoms with van der Waals surface area (Å²) in [6.07, 6.45) is 0. The zero-order chi connectivity index (χ0) is 19.4. The monoisotopic (exact) mass is 360 g/mol. The highest BCUT2D eigenvalue weighted by molar-refractivity contribution is 6.00. The fourth-order valence-corrected chi connectivity index (χ4v) is 2.86. The zero-order valence-electron chi connectivity index (χ0n) is 15.9. The molecule has 2 N–H and O–H groups in total. The fourth-order valence-electron chi connectivity index (χ4n) is 2.86. The third-order valence-electron chi connectivity index (χ3n) is 4.31. The molecular formula is C19H24N2O5. The molecule has 0 aliphatic rings. The Morgan fingerprint density at radius 1 is 1.08 bits per heavy atom. The van der Waals surface area contributed by atoms with E-state index in [0.717, 1.165) is 5.56 Å². The number of carbonyl (C=O) groups is 2. The maximum atomic E-state index is 12.7. The Labute approximate surface area is 152 Å². The third kappa shape index (κ3) is 3.66. The number of aryl methyl sites for hydroxylation is 1. The Morgan fingerprint density at radius 3 is 2.31 bits per heavy atom. The van der Waals surface area contributed by atoms with Crippen molar-refractivity contribution in [2.75, 3.05) is 21.3 Å². The summed E-state index contributed by atoms with van der Waals surface area (Å²) >= 11 is 0. The number of rotatable bonds is 6. The van der Waals surface area contributed by atoms with Crippen LogP contribution < -0.4 is 14.8 Å². The molecule has 0 aliphatic heterocycles. The number of H-pyrrole nitrogens is 1. The van der Waals surface area contributed by atoms with Crippen molar-refractivity contribution in [1.82, 2.24) is 10.3 Å². The zero-order valence-corrected chi connectivity index (χ0v) is 15.9. The summed E-state index contributed by atoms with van der Waals surface area (Å²) in [4.78, 5) is 27.5. The van der Waals surface area contributed by atoms with Crippen LogP contribution in [0.3, 0.4) is 0 Å². The summed E-state index contributed by atoms with van der Waals surface area (Å²) < 4.78 is 15.3. The van der Waals surface area contributed by atoms with Crippen LogP contribution in [-0.4, -0.2) is 38.2 Å². The first-order chi connectivity index (χ1) is 12.3. The Bertz CT molecular complexity index is 826.